The van der Waals surface area contributed by atoms with E-state index in [0.29, 0.717) is 6.42 Å². The number of thioether (sulfide) groups is 1. The number of nitrogens with one attached hydrogen (secondary N) is 3. The van der Waals surface area contributed by atoms with Crippen LogP contribution in [0.25, 0.3) is 0 Å². The van der Waals surface area contributed by atoms with Gasteiger partial charge in [0.25, 0.3) is 5.56 Å². The van der Waals surface area contributed by atoms with E-state index in [1.807, 2.05) is 0 Å². The molecule has 1 aromatic heterocycles. The van der Waals surface area contributed by atoms with Crippen molar-refractivity contribution < 1.29 is 18.0 Å². The van der Waals surface area contributed by atoms with Crippen LogP contribution in [0.5, 0.6) is 0 Å². The zero-order chi connectivity index (χ0) is 17.0. The van der Waals surface area contributed by atoms with Crippen molar-refractivity contribution in [3.63, 3.8) is 0 Å². The molecular weight excluding hydrogens is 346 g/mol. The smallest absolute Gasteiger partial charge is 0.321 e. The number of carbonyl (C=O) groups excluding carboxylic acids is 2. The predicted octanol–water partition coefficient (Wildman–Crippen LogP) is -1.54. The molecule has 0 saturated carbocycles. The monoisotopic (exact) mass is 361 g/mol. The molecule has 2 rings (SSSR count). The average molecular weight is 361 g/mol. The molecule has 0 spiro atoms. The van der Waals surface area contributed by atoms with Crippen LogP contribution >= 0.6 is 11.8 Å². The second kappa shape index (κ2) is 7.00. The highest BCUT2D eigenvalue weighted by molar-refractivity contribution is 7.99. The molecule has 0 aromatic carbocycles. The molecule has 0 radical (unpaired) electrons. The minimum Gasteiger partial charge on any atom is -0.383 e. The fourth-order valence-corrected chi connectivity index (χ4v) is 4.30. The summed E-state index contributed by atoms with van der Waals surface area (Å²) in [5.41, 5.74) is 4.96. The van der Waals surface area contributed by atoms with Gasteiger partial charge < -0.3 is 16.0 Å². The van der Waals surface area contributed by atoms with Crippen LogP contribution in [-0.2, 0) is 14.6 Å². The van der Waals surface area contributed by atoms with E-state index < -0.39 is 33.4 Å². The van der Waals surface area contributed by atoms with Gasteiger partial charge >= 0.3 is 6.03 Å². The molecule has 1 aliphatic heterocycles. The largest absolute Gasteiger partial charge is 0.383 e. The van der Waals surface area contributed by atoms with E-state index in [4.69, 9.17) is 5.73 Å². The number of hydrogen-bond acceptors (Lipinski definition) is 8. The number of rotatable bonds is 4. The van der Waals surface area contributed by atoms with E-state index in [1.54, 1.807) is 0 Å². The Morgan fingerprint density at radius 3 is 2.83 bits per heavy atom. The molecule has 126 valence electrons. The molecule has 1 saturated heterocycles. The summed E-state index contributed by atoms with van der Waals surface area (Å²) in [6, 6.07) is -0.146. The Kier molecular flexibility index (Phi) is 5.26. The van der Waals surface area contributed by atoms with Crippen LogP contribution in [0.15, 0.2) is 16.0 Å². The number of anilines is 1. The highest BCUT2D eigenvalue weighted by Gasteiger charge is 2.29. The van der Waals surface area contributed by atoms with Gasteiger partial charge in [0.1, 0.15) is 5.82 Å². The van der Waals surface area contributed by atoms with Crippen molar-refractivity contribution in [2.24, 2.45) is 0 Å². The van der Waals surface area contributed by atoms with Crippen LogP contribution in [0.1, 0.15) is 6.42 Å². The highest BCUT2D eigenvalue weighted by atomic mass is 32.2. The van der Waals surface area contributed by atoms with Crippen LogP contribution in [0.4, 0.5) is 10.6 Å². The normalized spacial score (nSPS) is 19.2. The topological polar surface area (TPSA) is 164 Å². The number of aromatic amines is 1. The second-order valence-electron chi connectivity index (χ2n) is 4.89. The van der Waals surface area contributed by atoms with Crippen molar-refractivity contribution in [3.05, 3.63) is 16.4 Å². The number of amides is 3. The van der Waals surface area contributed by atoms with Crippen molar-refractivity contribution in [2.45, 2.75) is 17.6 Å². The Hall–Kier alpha value is -2.08. The number of aromatic nitrogens is 2. The number of nitrogen functional groups attached to an aromatic ring is 1. The summed E-state index contributed by atoms with van der Waals surface area (Å²) >= 11 is 0.907. The summed E-state index contributed by atoms with van der Waals surface area (Å²) in [4.78, 5) is 40.6. The van der Waals surface area contributed by atoms with Gasteiger partial charge in [-0.05, 0) is 6.42 Å². The zero-order valence-corrected chi connectivity index (χ0v) is 13.5. The number of nitrogens with two attached hydrogens (primary N) is 1. The molecule has 5 N–H and O–H groups in total. The standard InChI is InChI=1S/C11H15N5O5S2/c12-7-3-8(17)16-11(14-7)22-4-9(18)15-10(19)13-6-1-2-23(20,21)5-6/h3,6H,1-2,4-5H2,(H3,12,14,16,17)(H2,13,15,18,19). The third-order valence-electron chi connectivity index (χ3n) is 2.90. The molecule has 1 atom stereocenters. The summed E-state index contributed by atoms with van der Waals surface area (Å²) in [6.45, 7) is 0. The first kappa shape index (κ1) is 17.3. The lowest BCUT2D eigenvalue weighted by Crippen LogP contribution is -2.45. The van der Waals surface area contributed by atoms with E-state index in [0.717, 1.165) is 17.8 Å². The van der Waals surface area contributed by atoms with Crippen LogP contribution in [-0.4, -0.2) is 53.6 Å². The van der Waals surface area contributed by atoms with Gasteiger partial charge in [0.05, 0.1) is 17.3 Å². The molecule has 2 heterocycles. The number of sulfone groups is 1. The highest BCUT2D eigenvalue weighted by Crippen LogP contribution is 2.12. The third kappa shape index (κ3) is 5.56. The van der Waals surface area contributed by atoms with Crippen molar-refractivity contribution >= 4 is 39.4 Å². The lowest BCUT2D eigenvalue weighted by molar-refractivity contribution is -0.117. The van der Waals surface area contributed by atoms with Gasteiger partial charge in [0.15, 0.2) is 15.0 Å². The minimum absolute atomic E-state index is 0.0240. The molecule has 1 aliphatic rings. The maximum Gasteiger partial charge on any atom is 0.321 e. The first-order valence-electron chi connectivity index (χ1n) is 6.54. The lowest BCUT2D eigenvalue weighted by Gasteiger charge is -2.11. The Labute approximate surface area is 135 Å². The fraction of sp³-hybridized carbons (Fsp3) is 0.455. The first-order valence-corrected chi connectivity index (χ1v) is 9.34. The Balaban J connectivity index is 1.78. The third-order valence-corrected chi connectivity index (χ3v) is 5.54. The summed E-state index contributed by atoms with van der Waals surface area (Å²) in [5.74, 6) is -0.855. The molecular formula is C11H15N5O5S2. The van der Waals surface area contributed by atoms with Gasteiger partial charge in [-0.3, -0.25) is 14.9 Å². The molecule has 10 nitrogen and oxygen atoms in total. The Morgan fingerprint density at radius 1 is 1.48 bits per heavy atom. The molecule has 12 heteroatoms. The van der Waals surface area contributed by atoms with Gasteiger partial charge in [0.2, 0.25) is 5.91 Å². The number of hydrogen-bond donors (Lipinski definition) is 4. The number of imide groups is 1. The minimum atomic E-state index is -3.11. The van der Waals surface area contributed by atoms with Crippen molar-refractivity contribution in [1.82, 2.24) is 20.6 Å². The Morgan fingerprint density at radius 2 is 2.22 bits per heavy atom. The maximum atomic E-state index is 11.6. The van der Waals surface area contributed by atoms with Crippen LogP contribution < -0.4 is 21.9 Å². The Bertz CT molecular complexity index is 775. The summed E-state index contributed by atoms with van der Waals surface area (Å²) in [5, 5.41) is 4.67. The molecule has 1 fully saturated rings. The van der Waals surface area contributed by atoms with Gasteiger partial charge in [0, 0.05) is 12.1 Å². The maximum absolute atomic E-state index is 11.6. The summed E-state index contributed by atoms with van der Waals surface area (Å²) < 4.78 is 22.5. The van der Waals surface area contributed by atoms with E-state index in [2.05, 4.69) is 20.6 Å². The summed E-state index contributed by atoms with van der Waals surface area (Å²) in [6.07, 6.45) is 0.327. The molecule has 0 aliphatic carbocycles. The number of carbonyl (C=O) groups is 2. The first-order chi connectivity index (χ1) is 10.7. The van der Waals surface area contributed by atoms with Crippen LogP contribution in [0.2, 0.25) is 0 Å². The van der Waals surface area contributed by atoms with Crippen LogP contribution in [0.3, 0.4) is 0 Å². The predicted molar refractivity (Wildman–Crippen MR) is 83.7 cm³/mol. The molecule has 3 amide bonds. The van der Waals surface area contributed by atoms with E-state index in [1.165, 1.54) is 0 Å². The number of H-pyrrole nitrogens is 1. The number of urea groups is 1. The molecule has 1 unspecified atom stereocenters. The van der Waals surface area contributed by atoms with Crippen molar-refractivity contribution in [1.29, 1.82) is 0 Å². The SMILES string of the molecule is Nc1cc(=O)[nH]c(SCC(=O)NC(=O)NC2CCS(=O)(=O)C2)n1. The summed E-state index contributed by atoms with van der Waals surface area (Å²) in [7, 11) is -3.11. The molecule has 1 aromatic rings. The lowest BCUT2D eigenvalue weighted by atomic mass is 10.3. The van der Waals surface area contributed by atoms with Gasteiger partial charge in [-0.1, -0.05) is 11.8 Å². The van der Waals surface area contributed by atoms with Crippen molar-refractivity contribution in [2.75, 3.05) is 23.0 Å². The fourth-order valence-electron chi connectivity index (χ4n) is 1.95. The second-order valence-corrected chi connectivity index (χ2v) is 8.08. The van der Waals surface area contributed by atoms with Gasteiger partial charge in [-0.25, -0.2) is 18.2 Å². The van der Waals surface area contributed by atoms with Crippen LogP contribution in [0, 0.1) is 0 Å². The van der Waals surface area contributed by atoms with E-state index in [9.17, 15) is 22.8 Å². The van der Waals surface area contributed by atoms with E-state index >= 15 is 0 Å². The van der Waals surface area contributed by atoms with Gasteiger partial charge in [-0.15, -0.1) is 0 Å². The van der Waals surface area contributed by atoms with Gasteiger partial charge in [-0.2, -0.15) is 0 Å². The average Bonchev–Trinajstić information content (AvgIpc) is 2.74. The molecule has 0 bridgehead atoms. The molecule has 23 heavy (non-hydrogen) atoms. The van der Waals surface area contributed by atoms with E-state index in [-0.39, 0.29) is 28.2 Å². The van der Waals surface area contributed by atoms with Crippen molar-refractivity contribution in [3.8, 4) is 0 Å². The zero-order valence-electron chi connectivity index (χ0n) is 11.9. The quantitative estimate of drug-likeness (QED) is 0.370. The number of nitrogens with zero attached hydrogens (tertiary/aromatic N) is 1.